The van der Waals surface area contributed by atoms with Gasteiger partial charge in [0.25, 0.3) is 0 Å². The molecule has 286 valence electrons. The predicted molar refractivity (Wildman–Crippen MR) is 204 cm³/mol. The van der Waals surface area contributed by atoms with Gasteiger partial charge in [-0.3, -0.25) is 10.4 Å². The zero-order valence-corrected chi connectivity index (χ0v) is 32.7. The van der Waals surface area contributed by atoms with E-state index in [9.17, 15) is 19.5 Å². The first-order valence-electron chi connectivity index (χ1n) is 18.1. The van der Waals surface area contributed by atoms with E-state index < -0.39 is 41.1 Å². The average Bonchev–Trinajstić information content (AvgIpc) is 3.72. The summed E-state index contributed by atoms with van der Waals surface area (Å²) in [5.41, 5.74) is 11.1. The Morgan fingerprint density at radius 2 is 1.94 bits per heavy atom. The average molecular weight is 749 g/mol. The third-order valence-corrected chi connectivity index (χ3v) is 10.0. The van der Waals surface area contributed by atoms with Crippen LogP contribution in [-0.2, 0) is 43.2 Å². The Morgan fingerprint density at radius 3 is 2.60 bits per heavy atom. The standard InChI is InChI=1S/C39H52N6O7S/c1-9-45-31-15-14-24(18-26(31)27(20-39(6,7)22-46)34(45)25-12-10-16-40-33(25)23(2)50-8)30-21-53-32(42-30)19-29(43-37(49)52-38(3,4)5)36(48)51-35(47)28-13-11-17-41-44-28/h10,12,14-16,18,21,23,28-29,41,44,46H,9,11,13,17,19-20,22H2,1-8H3,(H,43,49)/t23-,28?,29-/m0/s1. The van der Waals surface area contributed by atoms with Gasteiger partial charge in [-0.25, -0.2) is 24.8 Å². The molecule has 3 aromatic heterocycles. The molecule has 1 amide bonds. The van der Waals surface area contributed by atoms with Gasteiger partial charge in [-0.1, -0.05) is 19.9 Å². The second-order valence-electron chi connectivity index (χ2n) is 15.2. The SMILES string of the molecule is CCn1c(-c2cccnc2[C@H](C)OC)c(CC(C)(C)CO)c2cc(-c3csc(C[C@H](NC(=O)OC(C)(C)C)C(=O)OC(=O)C4CCCNN4)n3)ccc21. The minimum atomic E-state index is -1.22. The molecule has 1 unspecified atom stereocenters. The third-order valence-electron chi connectivity index (χ3n) is 9.16. The first kappa shape index (κ1) is 40.0. The van der Waals surface area contributed by atoms with Crippen LogP contribution in [-0.4, -0.2) is 75.6 Å². The van der Waals surface area contributed by atoms with Crippen molar-refractivity contribution in [2.24, 2.45) is 5.41 Å². The fraction of sp³-hybridized carbons (Fsp3) is 0.513. The summed E-state index contributed by atoms with van der Waals surface area (Å²) in [7, 11) is 1.67. The summed E-state index contributed by atoms with van der Waals surface area (Å²) in [6.07, 6.45) is 2.59. The number of carbonyl (C=O) groups excluding carboxylic acids is 3. The summed E-state index contributed by atoms with van der Waals surface area (Å²) in [5.74, 6) is -1.62. The lowest BCUT2D eigenvalue weighted by Gasteiger charge is -2.24. The number of thiazole rings is 1. The van der Waals surface area contributed by atoms with Gasteiger partial charge in [-0.15, -0.1) is 11.3 Å². The van der Waals surface area contributed by atoms with Crippen LogP contribution in [0.4, 0.5) is 4.79 Å². The van der Waals surface area contributed by atoms with E-state index in [1.54, 1.807) is 34.1 Å². The summed E-state index contributed by atoms with van der Waals surface area (Å²) < 4.78 is 18.7. The molecule has 1 aliphatic heterocycles. The molecule has 0 aliphatic carbocycles. The van der Waals surface area contributed by atoms with Gasteiger partial charge < -0.3 is 29.2 Å². The summed E-state index contributed by atoms with van der Waals surface area (Å²) in [4.78, 5) is 48.5. The van der Waals surface area contributed by atoms with Crippen molar-refractivity contribution in [2.75, 3.05) is 20.3 Å². The van der Waals surface area contributed by atoms with E-state index in [2.05, 4.69) is 45.9 Å². The zero-order chi connectivity index (χ0) is 38.5. The molecule has 53 heavy (non-hydrogen) atoms. The van der Waals surface area contributed by atoms with Crippen molar-refractivity contribution in [1.82, 2.24) is 30.7 Å². The number of methoxy groups -OCH3 is 1. The Kier molecular flexibility index (Phi) is 12.7. The predicted octanol–water partition coefficient (Wildman–Crippen LogP) is 5.88. The molecular formula is C39H52N6O7S. The van der Waals surface area contributed by atoms with E-state index in [4.69, 9.17) is 24.2 Å². The molecule has 4 aromatic rings. The van der Waals surface area contributed by atoms with Crippen molar-refractivity contribution < 1.29 is 33.7 Å². The molecule has 14 heteroatoms. The van der Waals surface area contributed by atoms with Crippen molar-refractivity contribution in [3.05, 3.63) is 58.2 Å². The van der Waals surface area contributed by atoms with Crippen molar-refractivity contribution in [3.63, 3.8) is 0 Å². The second kappa shape index (κ2) is 16.9. The minimum absolute atomic E-state index is 0.00926. The summed E-state index contributed by atoms with van der Waals surface area (Å²) in [6.45, 7) is 14.8. The van der Waals surface area contributed by atoms with Crippen LogP contribution in [0, 0.1) is 5.41 Å². The Labute approximate surface area is 314 Å². The number of ether oxygens (including phenoxy) is 3. The Balaban J connectivity index is 1.51. The van der Waals surface area contributed by atoms with Gasteiger partial charge in [0.2, 0.25) is 0 Å². The van der Waals surface area contributed by atoms with Crippen molar-refractivity contribution in [1.29, 1.82) is 0 Å². The molecule has 4 N–H and O–H groups in total. The lowest BCUT2D eigenvalue weighted by atomic mass is 9.84. The normalized spacial score (nSPS) is 16.3. The molecule has 1 fully saturated rings. The Morgan fingerprint density at radius 1 is 1.17 bits per heavy atom. The number of esters is 2. The highest BCUT2D eigenvalue weighted by Crippen LogP contribution is 2.41. The smallest absolute Gasteiger partial charge is 0.408 e. The molecule has 0 radical (unpaired) electrons. The van der Waals surface area contributed by atoms with Gasteiger partial charge >= 0.3 is 18.0 Å². The molecular weight excluding hydrogens is 697 g/mol. The lowest BCUT2D eigenvalue weighted by molar-refractivity contribution is -0.163. The number of hydrazine groups is 1. The number of carbonyl (C=O) groups is 3. The van der Waals surface area contributed by atoms with Crippen molar-refractivity contribution in [2.45, 2.75) is 104 Å². The van der Waals surface area contributed by atoms with E-state index in [0.717, 1.165) is 45.4 Å². The monoisotopic (exact) mass is 748 g/mol. The molecule has 1 saturated heterocycles. The maximum absolute atomic E-state index is 13.3. The number of fused-ring (bicyclic) bond motifs is 1. The number of hydrogen-bond donors (Lipinski definition) is 4. The third kappa shape index (κ3) is 9.67. The van der Waals surface area contributed by atoms with Crippen LogP contribution in [0.2, 0.25) is 0 Å². The number of aromatic nitrogens is 3. The first-order valence-corrected chi connectivity index (χ1v) is 18.9. The quantitative estimate of drug-likeness (QED) is 0.0954. The Bertz CT molecular complexity index is 1920. The number of nitrogens with zero attached hydrogens (tertiary/aromatic N) is 3. The number of amides is 1. The number of aryl methyl sites for hydroxylation is 1. The van der Waals surface area contributed by atoms with Crippen LogP contribution in [0.15, 0.2) is 41.9 Å². The lowest BCUT2D eigenvalue weighted by Crippen LogP contribution is -2.52. The maximum atomic E-state index is 13.3. The number of aliphatic hydroxyl groups excluding tert-OH is 1. The van der Waals surface area contributed by atoms with Crippen LogP contribution < -0.4 is 16.2 Å². The van der Waals surface area contributed by atoms with Crippen LogP contribution in [0.25, 0.3) is 33.4 Å². The topological polar surface area (TPSA) is 166 Å². The maximum Gasteiger partial charge on any atom is 0.408 e. The summed E-state index contributed by atoms with van der Waals surface area (Å²) in [5, 5.41) is 16.5. The van der Waals surface area contributed by atoms with Gasteiger partial charge in [-0.2, -0.15) is 0 Å². The van der Waals surface area contributed by atoms with Crippen molar-refractivity contribution >= 4 is 40.3 Å². The zero-order valence-electron chi connectivity index (χ0n) is 31.9. The second-order valence-corrected chi connectivity index (χ2v) is 16.1. The molecule has 1 aliphatic rings. The van der Waals surface area contributed by atoms with Gasteiger partial charge in [-0.05, 0) is 89.1 Å². The molecule has 3 atom stereocenters. The highest BCUT2D eigenvalue weighted by molar-refractivity contribution is 7.10. The number of pyridine rings is 1. The molecule has 1 aromatic carbocycles. The van der Waals surface area contributed by atoms with E-state index in [-0.39, 0.29) is 19.1 Å². The first-order chi connectivity index (χ1) is 25.1. The molecule has 0 spiro atoms. The van der Waals surface area contributed by atoms with Gasteiger partial charge in [0.15, 0.2) is 0 Å². The van der Waals surface area contributed by atoms with Gasteiger partial charge in [0.05, 0.1) is 28.2 Å². The fourth-order valence-electron chi connectivity index (χ4n) is 6.42. The molecule has 13 nitrogen and oxygen atoms in total. The van der Waals surface area contributed by atoms with Crippen LogP contribution in [0.5, 0.6) is 0 Å². The fourth-order valence-corrected chi connectivity index (χ4v) is 7.27. The van der Waals surface area contributed by atoms with Gasteiger partial charge in [0, 0.05) is 66.8 Å². The number of nitrogens with one attached hydrogen (secondary N) is 3. The summed E-state index contributed by atoms with van der Waals surface area (Å²) >= 11 is 1.34. The molecule has 4 heterocycles. The molecule has 0 bridgehead atoms. The van der Waals surface area contributed by atoms with Crippen LogP contribution in [0.3, 0.4) is 0 Å². The molecule has 5 rings (SSSR count). The van der Waals surface area contributed by atoms with Crippen molar-refractivity contribution in [3.8, 4) is 22.5 Å². The van der Waals surface area contributed by atoms with E-state index in [1.807, 2.05) is 38.3 Å². The minimum Gasteiger partial charge on any atom is -0.444 e. The number of aliphatic hydroxyl groups is 1. The molecule has 0 saturated carbocycles. The van der Waals surface area contributed by atoms with Crippen LogP contribution in [0.1, 0.15) is 83.7 Å². The van der Waals surface area contributed by atoms with E-state index in [1.165, 1.54) is 11.3 Å². The highest BCUT2D eigenvalue weighted by Gasteiger charge is 2.32. The van der Waals surface area contributed by atoms with Crippen LogP contribution >= 0.6 is 11.3 Å². The number of alkyl carbamates (subject to hydrolysis) is 1. The Hall–Kier alpha value is -4.21. The summed E-state index contributed by atoms with van der Waals surface area (Å²) in [6, 6.07) is 8.34. The number of hydrogen-bond acceptors (Lipinski definition) is 12. The van der Waals surface area contributed by atoms with E-state index in [0.29, 0.717) is 36.6 Å². The van der Waals surface area contributed by atoms with Gasteiger partial charge in [0.1, 0.15) is 17.7 Å². The highest BCUT2D eigenvalue weighted by atomic mass is 32.1. The van der Waals surface area contributed by atoms with E-state index >= 15 is 0 Å². The number of benzene rings is 1. The largest absolute Gasteiger partial charge is 0.444 e. The number of rotatable bonds is 13.